The van der Waals surface area contributed by atoms with E-state index in [2.05, 4.69) is 56.8 Å². The molecule has 1 unspecified atom stereocenters. The zero-order valence-electron chi connectivity index (χ0n) is 18.8. The van der Waals surface area contributed by atoms with Crippen LogP contribution < -0.4 is 10.6 Å². The Morgan fingerprint density at radius 1 is 1.20 bits per heavy atom. The molecular weight excluding hydrogens is 509 g/mol. The average molecular weight is 550 g/mol. The van der Waals surface area contributed by atoms with E-state index in [-0.39, 0.29) is 24.0 Å². The van der Waals surface area contributed by atoms with E-state index in [0.717, 1.165) is 57.8 Å². The van der Waals surface area contributed by atoms with Crippen molar-refractivity contribution in [1.29, 1.82) is 0 Å². The van der Waals surface area contributed by atoms with Crippen molar-refractivity contribution < 1.29 is 4.74 Å². The first-order chi connectivity index (χ1) is 14.2. The van der Waals surface area contributed by atoms with Crippen molar-refractivity contribution in [2.24, 2.45) is 16.8 Å². The summed E-state index contributed by atoms with van der Waals surface area (Å²) in [6.45, 7) is 13.8. The van der Waals surface area contributed by atoms with Crippen LogP contribution in [-0.4, -0.2) is 81.3 Å². The highest BCUT2D eigenvalue weighted by Gasteiger charge is 2.24. The van der Waals surface area contributed by atoms with Crippen molar-refractivity contribution in [3.05, 3.63) is 22.4 Å². The number of guanidine groups is 1. The topological polar surface area (TPSA) is 52.1 Å². The summed E-state index contributed by atoms with van der Waals surface area (Å²) >= 11 is 1.87. The smallest absolute Gasteiger partial charge is 0.191 e. The number of halogens is 1. The van der Waals surface area contributed by atoms with Gasteiger partial charge in [-0.2, -0.15) is 0 Å². The van der Waals surface area contributed by atoms with Crippen molar-refractivity contribution in [3.63, 3.8) is 0 Å². The van der Waals surface area contributed by atoms with Crippen LogP contribution in [0.1, 0.15) is 31.6 Å². The lowest BCUT2D eigenvalue weighted by Gasteiger charge is -2.37. The fourth-order valence-corrected chi connectivity index (χ4v) is 5.08. The Morgan fingerprint density at radius 3 is 2.53 bits per heavy atom. The van der Waals surface area contributed by atoms with Gasteiger partial charge in [-0.15, -0.1) is 35.3 Å². The fraction of sp³-hybridized carbons (Fsp3) is 0.773. The van der Waals surface area contributed by atoms with E-state index in [1.54, 1.807) is 0 Å². The summed E-state index contributed by atoms with van der Waals surface area (Å²) in [4.78, 5) is 11.1. The van der Waals surface area contributed by atoms with Gasteiger partial charge in [0, 0.05) is 50.7 Å². The first-order valence-electron chi connectivity index (χ1n) is 11.2. The van der Waals surface area contributed by atoms with E-state index >= 15 is 0 Å². The largest absolute Gasteiger partial charge is 0.379 e. The second kappa shape index (κ2) is 13.9. The number of morpholine rings is 1. The molecule has 30 heavy (non-hydrogen) atoms. The Labute approximate surface area is 203 Å². The number of likely N-dealkylation sites (tertiary alicyclic amines) is 1. The number of ether oxygens (including phenoxy) is 1. The average Bonchev–Trinajstić information content (AvgIpc) is 3.25. The molecule has 2 aliphatic heterocycles. The van der Waals surface area contributed by atoms with E-state index in [1.807, 2.05) is 18.4 Å². The maximum Gasteiger partial charge on any atom is 0.191 e. The predicted molar refractivity (Wildman–Crippen MR) is 138 cm³/mol. The minimum Gasteiger partial charge on any atom is -0.379 e. The zero-order chi connectivity index (χ0) is 20.5. The molecule has 3 rings (SSSR count). The minimum atomic E-state index is 0. The van der Waals surface area contributed by atoms with Crippen LogP contribution in [0.15, 0.2) is 22.5 Å². The van der Waals surface area contributed by atoms with Gasteiger partial charge in [0.25, 0.3) is 0 Å². The summed E-state index contributed by atoms with van der Waals surface area (Å²) in [5.74, 6) is 2.27. The quantitative estimate of drug-likeness (QED) is 0.297. The molecule has 0 aliphatic carbocycles. The zero-order valence-corrected chi connectivity index (χ0v) is 22.0. The van der Waals surface area contributed by atoms with Gasteiger partial charge in [-0.1, -0.05) is 19.9 Å². The van der Waals surface area contributed by atoms with Crippen LogP contribution in [0.2, 0.25) is 0 Å². The molecule has 2 aliphatic rings. The van der Waals surface area contributed by atoms with Gasteiger partial charge in [0.05, 0.1) is 13.2 Å². The van der Waals surface area contributed by atoms with Gasteiger partial charge in [-0.05, 0) is 49.2 Å². The molecular formula is C22H40IN5OS. The third kappa shape index (κ3) is 8.26. The van der Waals surface area contributed by atoms with Crippen molar-refractivity contribution >= 4 is 41.3 Å². The van der Waals surface area contributed by atoms with Crippen molar-refractivity contribution in [2.75, 3.05) is 59.5 Å². The number of nitrogens with zero attached hydrogens (tertiary/aromatic N) is 3. The molecule has 0 spiro atoms. The van der Waals surface area contributed by atoms with Crippen LogP contribution in [0.5, 0.6) is 0 Å². The van der Waals surface area contributed by atoms with Crippen LogP contribution in [-0.2, 0) is 11.3 Å². The maximum atomic E-state index is 5.52. The van der Waals surface area contributed by atoms with Gasteiger partial charge in [0.15, 0.2) is 5.96 Å². The van der Waals surface area contributed by atoms with Gasteiger partial charge >= 0.3 is 0 Å². The third-order valence-electron chi connectivity index (χ3n) is 6.21. The standard InChI is InChI=1S/C22H39N5OS.HI/c1-18(2)21(27-10-12-28-13-11-27)16-25-22(23-3)24-15-19-6-8-26(9-7-19)17-20-5-4-14-29-20;/h4-5,14,18-19,21H,6-13,15-17H2,1-3H3,(H2,23,24,25);1H. The molecule has 1 aromatic heterocycles. The lowest BCUT2D eigenvalue weighted by molar-refractivity contribution is 0.00752. The summed E-state index contributed by atoms with van der Waals surface area (Å²) in [6.07, 6.45) is 2.52. The number of aliphatic imine (C=N–C) groups is 1. The molecule has 0 aromatic carbocycles. The molecule has 1 aromatic rings. The number of hydrogen-bond donors (Lipinski definition) is 2. The Morgan fingerprint density at radius 2 is 1.93 bits per heavy atom. The number of nitrogens with one attached hydrogen (secondary N) is 2. The Kier molecular flexibility index (Phi) is 12.0. The molecule has 0 amide bonds. The first kappa shape index (κ1) is 25.8. The summed E-state index contributed by atoms with van der Waals surface area (Å²) in [5.41, 5.74) is 0. The number of rotatable bonds is 8. The van der Waals surface area contributed by atoms with Gasteiger partial charge in [-0.25, -0.2) is 0 Å². The predicted octanol–water partition coefficient (Wildman–Crippen LogP) is 3.10. The van der Waals surface area contributed by atoms with Crippen molar-refractivity contribution in [2.45, 2.75) is 39.3 Å². The van der Waals surface area contributed by atoms with Gasteiger partial charge < -0.3 is 15.4 Å². The van der Waals surface area contributed by atoms with Crippen LogP contribution in [0.4, 0.5) is 0 Å². The second-order valence-electron chi connectivity index (χ2n) is 8.59. The monoisotopic (exact) mass is 549 g/mol. The van der Waals surface area contributed by atoms with Crippen LogP contribution >= 0.6 is 35.3 Å². The molecule has 2 N–H and O–H groups in total. The van der Waals surface area contributed by atoms with E-state index in [0.29, 0.717) is 12.0 Å². The summed E-state index contributed by atoms with van der Waals surface area (Å²) in [6, 6.07) is 4.91. The van der Waals surface area contributed by atoms with Gasteiger partial charge in [0.2, 0.25) is 0 Å². The number of thiophene rings is 1. The molecule has 8 heteroatoms. The molecule has 6 nitrogen and oxygen atoms in total. The molecule has 2 fully saturated rings. The van der Waals surface area contributed by atoms with E-state index in [9.17, 15) is 0 Å². The van der Waals surface area contributed by atoms with Crippen LogP contribution in [0.25, 0.3) is 0 Å². The van der Waals surface area contributed by atoms with E-state index < -0.39 is 0 Å². The van der Waals surface area contributed by atoms with E-state index in [4.69, 9.17) is 4.74 Å². The molecule has 172 valence electrons. The lowest BCUT2D eigenvalue weighted by Crippen LogP contribution is -2.53. The molecule has 2 saturated heterocycles. The number of piperidine rings is 1. The van der Waals surface area contributed by atoms with Crippen molar-refractivity contribution in [3.8, 4) is 0 Å². The van der Waals surface area contributed by atoms with E-state index in [1.165, 1.54) is 30.8 Å². The second-order valence-corrected chi connectivity index (χ2v) is 9.62. The number of hydrogen-bond acceptors (Lipinski definition) is 5. The first-order valence-corrected chi connectivity index (χ1v) is 12.0. The van der Waals surface area contributed by atoms with Gasteiger partial charge in [-0.3, -0.25) is 14.8 Å². The Balaban J connectivity index is 0.00000320. The maximum absolute atomic E-state index is 5.52. The van der Waals surface area contributed by atoms with Crippen LogP contribution in [0, 0.1) is 11.8 Å². The highest BCUT2D eigenvalue weighted by Crippen LogP contribution is 2.20. The summed E-state index contributed by atoms with van der Waals surface area (Å²) < 4.78 is 5.52. The minimum absolute atomic E-state index is 0. The molecule has 1 atom stereocenters. The lowest BCUT2D eigenvalue weighted by atomic mass is 9.97. The van der Waals surface area contributed by atoms with Gasteiger partial charge in [0.1, 0.15) is 0 Å². The highest BCUT2D eigenvalue weighted by molar-refractivity contribution is 14.0. The summed E-state index contributed by atoms with van der Waals surface area (Å²) in [7, 11) is 1.87. The molecule has 0 bridgehead atoms. The highest BCUT2D eigenvalue weighted by atomic mass is 127. The van der Waals surface area contributed by atoms with Crippen LogP contribution in [0.3, 0.4) is 0 Å². The van der Waals surface area contributed by atoms with Crippen molar-refractivity contribution in [1.82, 2.24) is 20.4 Å². The summed E-state index contributed by atoms with van der Waals surface area (Å²) in [5, 5.41) is 9.32. The molecule has 3 heterocycles. The Hall–Kier alpha value is -0.420. The molecule has 0 saturated carbocycles. The normalized spacial score (nSPS) is 20.7. The third-order valence-corrected chi connectivity index (χ3v) is 7.07. The fourth-order valence-electron chi connectivity index (χ4n) is 4.33. The molecule has 0 radical (unpaired) electrons. The SMILES string of the molecule is CN=C(NCC1CCN(Cc2cccs2)CC1)NCC(C(C)C)N1CCOCC1.I. The Bertz CT molecular complexity index is 599.